The van der Waals surface area contributed by atoms with Crippen molar-refractivity contribution in [2.45, 2.75) is 44.5 Å². The first-order valence-corrected chi connectivity index (χ1v) is 6.57. The van der Waals surface area contributed by atoms with Crippen LogP contribution in [0.4, 0.5) is 0 Å². The molecule has 1 aliphatic rings. The molecule has 0 radical (unpaired) electrons. The Labute approximate surface area is 95.0 Å². The molecule has 2 heterocycles. The van der Waals surface area contributed by atoms with E-state index in [0.717, 1.165) is 18.2 Å². The normalized spacial score (nSPS) is 26.8. The topological polar surface area (TPSA) is 38.1 Å². The van der Waals surface area contributed by atoms with Crippen LogP contribution in [0, 0.1) is 6.92 Å². The molecule has 0 aromatic carbocycles. The first-order valence-electron chi connectivity index (χ1n) is 5.52. The molecule has 1 saturated heterocycles. The molecule has 1 aromatic heterocycles. The van der Waals surface area contributed by atoms with Gasteiger partial charge in [-0.15, -0.1) is 0 Å². The lowest BCUT2D eigenvalue weighted by Gasteiger charge is -2.28. The third-order valence-electron chi connectivity index (χ3n) is 2.79. The van der Waals surface area contributed by atoms with Gasteiger partial charge in [0.1, 0.15) is 5.76 Å². The minimum atomic E-state index is 0.607. The van der Waals surface area contributed by atoms with E-state index in [-0.39, 0.29) is 0 Å². The number of rotatable bonds is 3. The molecular weight excluding hydrogens is 208 g/mol. The number of hydrogen-bond donors (Lipinski definition) is 1. The molecule has 4 heteroatoms. The molecule has 0 aliphatic carbocycles. The van der Waals surface area contributed by atoms with Gasteiger partial charge in [-0.1, -0.05) is 6.92 Å². The summed E-state index contributed by atoms with van der Waals surface area (Å²) in [5.41, 5.74) is 0. The summed E-state index contributed by atoms with van der Waals surface area (Å²) >= 11 is 2.05. The van der Waals surface area contributed by atoms with Gasteiger partial charge in [-0.25, -0.2) is 4.98 Å². The van der Waals surface area contributed by atoms with Crippen LogP contribution in [0.2, 0.25) is 0 Å². The summed E-state index contributed by atoms with van der Waals surface area (Å²) in [4.78, 5) is 4.19. The van der Waals surface area contributed by atoms with Crippen molar-refractivity contribution in [1.82, 2.24) is 10.3 Å². The van der Waals surface area contributed by atoms with Gasteiger partial charge in [-0.05, 0) is 25.5 Å². The van der Waals surface area contributed by atoms with Crippen LogP contribution in [0.25, 0.3) is 0 Å². The van der Waals surface area contributed by atoms with Crippen molar-refractivity contribution in [3.63, 3.8) is 0 Å². The van der Waals surface area contributed by atoms with E-state index in [0.29, 0.717) is 11.3 Å². The minimum Gasteiger partial charge on any atom is -0.445 e. The number of hydrogen-bond acceptors (Lipinski definition) is 4. The molecule has 0 amide bonds. The largest absolute Gasteiger partial charge is 0.445 e. The zero-order valence-electron chi connectivity index (χ0n) is 9.32. The first-order chi connectivity index (χ1) is 7.25. The van der Waals surface area contributed by atoms with Gasteiger partial charge in [0.15, 0.2) is 0 Å². The molecule has 2 rings (SSSR count). The third kappa shape index (κ3) is 2.98. The Morgan fingerprint density at radius 1 is 1.67 bits per heavy atom. The molecule has 1 fully saturated rings. The summed E-state index contributed by atoms with van der Waals surface area (Å²) in [7, 11) is 0. The van der Waals surface area contributed by atoms with E-state index in [2.05, 4.69) is 29.0 Å². The predicted molar refractivity (Wildman–Crippen MR) is 63.0 cm³/mol. The lowest BCUT2D eigenvalue weighted by Crippen LogP contribution is -2.38. The second-order valence-electron chi connectivity index (χ2n) is 4.07. The number of nitrogens with zero attached hydrogens (tertiary/aromatic N) is 1. The Bertz CT molecular complexity index is 313. The molecule has 15 heavy (non-hydrogen) atoms. The van der Waals surface area contributed by atoms with Gasteiger partial charge in [0, 0.05) is 11.3 Å². The first kappa shape index (κ1) is 11.0. The van der Waals surface area contributed by atoms with E-state index >= 15 is 0 Å². The van der Waals surface area contributed by atoms with Crippen LogP contribution in [-0.4, -0.2) is 22.0 Å². The second-order valence-corrected chi connectivity index (χ2v) is 5.56. The third-order valence-corrected chi connectivity index (χ3v) is 4.17. The number of oxazole rings is 1. The minimum absolute atomic E-state index is 0.607. The molecule has 2 atom stereocenters. The van der Waals surface area contributed by atoms with Gasteiger partial charge in [0.2, 0.25) is 5.89 Å². The molecule has 84 valence electrons. The van der Waals surface area contributed by atoms with Crippen LogP contribution in [0.3, 0.4) is 0 Å². The average Bonchev–Trinajstić information content (AvgIpc) is 2.63. The van der Waals surface area contributed by atoms with E-state index < -0.39 is 0 Å². The second kappa shape index (κ2) is 5.03. The van der Waals surface area contributed by atoms with Gasteiger partial charge < -0.3 is 9.73 Å². The number of aromatic nitrogens is 1. The zero-order chi connectivity index (χ0) is 10.7. The molecular formula is C11H18N2OS. The van der Waals surface area contributed by atoms with Crippen LogP contribution >= 0.6 is 11.8 Å². The highest BCUT2D eigenvalue weighted by atomic mass is 32.2. The summed E-state index contributed by atoms with van der Waals surface area (Å²) < 4.78 is 5.43. The van der Waals surface area contributed by atoms with Crippen LogP contribution in [0.1, 0.15) is 31.4 Å². The van der Waals surface area contributed by atoms with Crippen LogP contribution in [0.5, 0.6) is 0 Å². The fourth-order valence-corrected chi connectivity index (χ4v) is 3.06. The smallest absolute Gasteiger partial charge is 0.208 e. The average molecular weight is 226 g/mol. The van der Waals surface area contributed by atoms with Crippen molar-refractivity contribution < 1.29 is 4.42 Å². The molecule has 2 unspecified atom stereocenters. The maximum atomic E-state index is 5.43. The quantitative estimate of drug-likeness (QED) is 0.858. The molecule has 1 N–H and O–H groups in total. The monoisotopic (exact) mass is 226 g/mol. The number of nitrogens with one attached hydrogen (secondary N) is 1. The predicted octanol–water partition coefficient (Wildman–Crippen LogP) is 2.36. The van der Waals surface area contributed by atoms with E-state index in [1.807, 2.05) is 6.92 Å². The summed E-state index contributed by atoms with van der Waals surface area (Å²) in [6.07, 6.45) is 4.36. The highest BCUT2D eigenvalue weighted by molar-refractivity contribution is 7.99. The summed E-state index contributed by atoms with van der Waals surface area (Å²) in [5.74, 6) is 2.99. The fraction of sp³-hybridized carbons (Fsp3) is 0.727. The Hall–Kier alpha value is -0.480. The van der Waals surface area contributed by atoms with Crippen molar-refractivity contribution >= 4 is 11.8 Å². The fourth-order valence-electron chi connectivity index (χ4n) is 1.89. The molecule has 3 nitrogen and oxygen atoms in total. The molecule has 0 bridgehead atoms. The standard InChI is InChI=1S/C11H18N2OS/c1-8-6-13-11(14-8)7-12-10-4-3-5-15-9(10)2/h6,9-10,12H,3-5,7H2,1-2H3. The maximum absolute atomic E-state index is 5.43. The lowest BCUT2D eigenvalue weighted by molar-refractivity contribution is 0.402. The van der Waals surface area contributed by atoms with Crippen molar-refractivity contribution in [3.8, 4) is 0 Å². The maximum Gasteiger partial charge on any atom is 0.208 e. The van der Waals surface area contributed by atoms with Crippen LogP contribution in [0.15, 0.2) is 10.6 Å². The Morgan fingerprint density at radius 2 is 2.53 bits per heavy atom. The SMILES string of the molecule is Cc1cnc(CNC2CCCSC2C)o1. The van der Waals surface area contributed by atoms with Crippen molar-refractivity contribution in [2.75, 3.05) is 5.75 Å². The van der Waals surface area contributed by atoms with Crippen LogP contribution in [-0.2, 0) is 6.54 Å². The summed E-state index contributed by atoms with van der Waals surface area (Å²) in [5, 5.41) is 4.23. The molecule has 0 saturated carbocycles. The van der Waals surface area contributed by atoms with Crippen molar-refractivity contribution in [2.24, 2.45) is 0 Å². The highest BCUT2D eigenvalue weighted by Gasteiger charge is 2.21. The van der Waals surface area contributed by atoms with Crippen molar-refractivity contribution in [3.05, 3.63) is 17.8 Å². The van der Waals surface area contributed by atoms with Gasteiger partial charge in [-0.3, -0.25) is 0 Å². The summed E-state index contributed by atoms with van der Waals surface area (Å²) in [6.45, 7) is 4.97. The lowest BCUT2D eigenvalue weighted by atomic mass is 10.1. The Morgan fingerprint density at radius 3 is 3.20 bits per heavy atom. The van der Waals surface area contributed by atoms with E-state index in [1.165, 1.54) is 18.6 Å². The summed E-state index contributed by atoms with van der Waals surface area (Å²) in [6, 6.07) is 0.607. The highest BCUT2D eigenvalue weighted by Crippen LogP contribution is 2.25. The van der Waals surface area contributed by atoms with Gasteiger partial charge >= 0.3 is 0 Å². The van der Waals surface area contributed by atoms with E-state index in [4.69, 9.17) is 4.42 Å². The van der Waals surface area contributed by atoms with Crippen molar-refractivity contribution in [1.29, 1.82) is 0 Å². The Kier molecular flexibility index (Phi) is 3.70. The van der Waals surface area contributed by atoms with Crippen LogP contribution < -0.4 is 5.32 Å². The zero-order valence-corrected chi connectivity index (χ0v) is 10.1. The van der Waals surface area contributed by atoms with E-state index in [1.54, 1.807) is 6.20 Å². The van der Waals surface area contributed by atoms with E-state index in [9.17, 15) is 0 Å². The van der Waals surface area contributed by atoms with Gasteiger partial charge in [-0.2, -0.15) is 11.8 Å². The molecule has 1 aliphatic heterocycles. The number of thioether (sulfide) groups is 1. The molecule has 0 spiro atoms. The number of aryl methyl sites for hydroxylation is 1. The van der Waals surface area contributed by atoms with Gasteiger partial charge in [0.25, 0.3) is 0 Å². The Balaban J connectivity index is 1.81. The molecule has 1 aromatic rings. The van der Waals surface area contributed by atoms with Gasteiger partial charge in [0.05, 0.1) is 12.7 Å².